The summed E-state index contributed by atoms with van der Waals surface area (Å²) in [7, 11) is -3.80. The van der Waals surface area contributed by atoms with E-state index in [1.165, 1.54) is 6.07 Å². The summed E-state index contributed by atoms with van der Waals surface area (Å²) in [6, 6.07) is 4.76. The summed E-state index contributed by atoms with van der Waals surface area (Å²) in [5, 5.41) is 2.82. The molecule has 2 aliphatic heterocycles. The number of amidine groups is 1. The molecular formula is C18H25N3O4S. The maximum absolute atomic E-state index is 12.5. The minimum absolute atomic E-state index is 0.0362. The van der Waals surface area contributed by atoms with Gasteiger partial charge in [0.25, 0.3) is 15.9 Å². The second kappa shape index (κ2) is 7.36. The third-order valence-electron chi connectivity index (χ3n) is 4.50. The van der Waals surface area contributed by atoms with Crippen molar-refractivity contribution in [3.8, 4) is 0 Å². The first kappa shape index (κ1) is 18.8. The molecule has 0 bridgehead atoms. The number of fused-ring (bicyclic) bond motifs is 1. The highest BCUT2D eigenvalue weighted by Gasteiger charge is 2.30. The van der Waals surface area contributed by atoms with E-state index in [4.69, 9.17) is 4.74 Å². The van der Waals surface area contributed by atoms with Gasteiger partial charge in [0.2, 0.25) is 0 Å². The van der Waals surface area contributed by atoms with Crippen LogP contribution < -0.4 is 10.2 Å². The molecule has 1 aromatic carbocycles. The van der Waals surface area contributed by atoms with Crippen molar-refractivity contribution in [2.75, 3.05) is 24.6 Å². The molecule has 1 atom stereocenters. The van der Waals surface area contributed by atoms with Gasteiger partial charge in [-0.25, -0.2) is 0 Å². The van der Waals surface area contributed by atoms with Gasteiger partial charge in [0, 0.05) is 25.3 Å². The van der Waals surface area contributed by atoms with E-state index in [0.29, 0.717) is 36.1 Å². The molecule has 0 aliphatic carbocycles. The number of carbonyl (C=O) groups is 1. The summed E-state index contributed by atoms with van der Waals surface area (Å²) in [4.78, 5) is 14.4. The van der Waals surface area contributed by atoms with Gasteiger partial charge < -0.3 is 15.0 Å². The topological polar surface area (TPSA) is 88.1 Å². The van der Waals surface area contributed by atoms with Crippen molar-refractivity contribution in [1.82, 2.24) is 5.32 Å². The van der Waals surface area contributed by atoms with Gasteiger partial charge in [-0.05, 0) is 43.9 Å². The van der Waals surface area contributed by atoms with Crippen LogP contribution in [0.5, 0.6) is 0 Å². The number of rotatable bonds is 5. The molecule has 3 rings (SSSR count). The first-order chi connectivity index (χ1) is 12.3. The molecule has 0 radical (unpaired) electrons. The fourth-order valence-corrected chi connectivity index (χ4v) is 4.50. The molecule has 2 aliphatic rings. The van der Waals surface area contributed by atoms with E-state index < -0.39 is 10.0 Å². The Balaban J connectivity index is 1.85. The molecule has 2 heterocycles. The summed E-state index contributed by atoms with van der Waals surface area (Å²) in [6.45, 7) is 7.61. The van der Waals surface area contributed by atoms with Crippen molar-refractivity contribution in [2.24, 2.45) is 10.3 Å². The van der Waals surface area contributed by atoms with Gasteiger partial charge in [-0.2, -0.15) is 8.42 Å². The Morgan fingerprint density at radius 2 is 2.19 bits per heavy atom. The predicted octanol–water partition coefficient (Wildman–Crippen LogP) is 2.18. The molecule has 1 N–H and O–H groups in total. The molecule has 0 unspecified atom stereocenters. The van der Waals surface area contributed by atoms with Crippen LogP contribution in [0.15, 0.2) is 27.5 Å². The number of hydrogen-bond acceptors (Lipinski definition) is 5. The Morgan fingerprint density at radius 3 is 2.85 bits per heavy atom. The Bertz CT molecular complexity index is 827. The number of hydrogen-bond donors (Lipinski definition) is 1. The Hall–Kier alpha value is -1.93. The van der Waals surface area contributed by atoms with Crippen LogP contribution in [-0.4, -0.2) is 46.0 Å². The lowest BCUT2D eigenvalue weighted by atomic mass is 10.1. The first-order valence-electron chi connectivity index (χ1n) is 8.91. The third kappa shape index (κ3) is 3.91. The fourth-order valence-electron chi connectivity index (χ4n) is 3.24. The van der Waals surface area contributed by atoms with Crippen LogP contribution in [0.1, 0.15) is 44.0 Å². The maximum Gasteiger partial charge on any atom is 0.286 e. The summed E-state index contributed by atoms with van der Waals surface area (Å²) in [5.74, 6) is 0.477. The SMILES string of the molecule is CC1=NS(=O)(=O)c2cc(C(=O)NC[C@@H]3CCCO3)ccc2N1CC(C)C. The molecule has 8 heteroatoms. The van der Waals surface area contributed by atoms with E-state index in [2.05, 4.69) is 23.6 Å². The summed E-state index contributed by atoms with van der Waals surface area (Å²) < 4.78 is 34.3. The zero-order chi connectivity index (χ0) is 18.9. The lowest BCUT2D eigenvalue weighted by Gasteiger charge is -2.30. The van der Waals surface area contributed by atoms with E-state index in [-0.39, 0.29) is 16.9 Å². The van der Waals surface area contributed by atoms with Crippen molar-refractivity contribution >= 4 is 27.5 Å². The number of amides is 1. The van der Waals surface area contributed by atoms with E-state index in [9.17, 15) is 13.2 Å². The van der Waals surface area contributed by atoms with E-state index in [1.807, 2.05) is 4.90 Å². The highest BCUT2D eigenvalue weighted by molar-refractivity contribution is 7.90. The lowest BCUT2D eigenvalue weighted by Crippen LogP contribution is -2.37. The molecule has 0 aromatic heterocycles. The average Bonchev–Trinajstić information content (AvgIpc) is 3.09. The van der Waals surface area contributed by atoms with Crippen molar-refractivity contribution in [3.63, 3.8) is 0 Å². The molecule has 1 amide bonds. The van der Waals surface area contributed by atoms with Gasteiger partial charge in [0.1, 0.15) is 10.7 Å². The summed E-state index contributed by atoms with van der Waals surface area (Å²) in [6.07, 6.45) is 1.96. The maximum atomic E-state index is 12.5. The molecule has 1 saturated heterocycles. The molecule has 0 saturated carbocycles. The van der Waals surface area contributed by atoms with Gasteiger partial charge >= 0.3 is 0 Å². The third-order valence-corrected chi connectivity index (χ3v) is 5.88. The lowest BCUT2D eigenvalue weighted by molar-refractivity contribution is 0.0857. The zero-order valence-corrected chi connectivity index (χ0v) is 16.2. The van der Waals surface area contributed by atoms with Crippen molar-refractivity contribution in [1.29, 1.82) is 0 Å². The molecular weight excluding hydrogens is 354 g/mol. The summed E-state index contributed by atoms with van der Waals surface area (Å²) >= 11 is 0. The van der Waals surface area contributed by atoms with Crippen LogP contribution >= 0.6 is 0 Å². The van der Waals surface area contributed by atoms with Gasteiger partial charge in [0.05, 0.1) is 11.8 Å². The average molecular weight is 379 g/mol. The minimum atomic E-state index is -3.80. The van der Waals surface area contributed by atoms with E-state index in [1.54, 1.807) is 19.1 Å². The van der Waals surface area contributed by atoms with E-state index >= 15 is 0 Å². The molecule has 0 spiro atoms. The van der Waals surface area contributed by atoms with Gasteiger partial charge in [-0.15, -0.1) is 4.40 Å². The molecule has 1 aromatic rings. The van der Waals surface area contributed by atoms with Crippen LogP contribution in [0.25, 0.3) is 0 Å². The number of anilines is 1. The smallest absolute Gasteiger partial charge is 0.286 e. The minimum Gasteiger partial charge on any atom is -0.376 e. The standard InChI is InChI=1S/C18H25N3O4S/c1-12(2)11-21-13(3)20-26(23,24)17-9-14(6-7-16(17)21)18(22)19-10-15-5-4-8-25-15/h6-7,9,12,15H,4-5,8,10-11H2,1-3H3,(H,19,22)/t15-/m0/s1. The molecule has 1 fully saturated rings. The number of carbonyl (C=O) groups excluding carboxylic acids is 1. The second-order valence-corrected chi connectivity index (χ2v) is 8.72. The molecule has 142 valence electrons. The van der Waals surface area contributed by atoms with Crippen LogP contribution in [0, 0.1) is 5.92 Å². The summed E-state index contributed by atoms with van der Waals surface area (Å²) in [5.41, 5.74) is 0.881. The van der Waals surface area contributed by atoms with Crippen LogP contribution in [0.4, 0.5) is 5.69 Å². The van der Waals surface area contributed by atoms with Crippen LogP contribution in [0.3, 0.4) is 0 Å². The van der Waals surface area contributed by atoms with Crippen molar-refractivity contribution in [2.45, 2.75) is 44.6 Å². The molecule has 26 heavy (non-hydrogen) atoms. The van der Waals surface area contributed by atoms with Crippen LogP contribution in [-0.2, 0) is 14.8 Å². The normalized spacial score (nSPS) is 21.5. The Labute approximate surface area is 154 Å². The Morgan fingerprint density at radius 1 is 1.42 bits per heavy atom. The number of benzene rings is 1. The highest BCUT2D eigenvalue weighted by atomic mass is 32.2. The quantitative estimate of drug-likeness (QED) is 0.847. The van der Waals surface area contributed by atoms with Gasteiger partial charge in [0.15, 0.2) is 0 Å². The number of nitrogens with zero attached hydrogens (tertiary/aromatic N) is 2. The Kier molecular flexibility index (Phi) is 5.34. The monoisotopic (exact) mass is 379 g/mol. The van der Waals surface area contributed by atoms with E-state index in [0.717, 1.165) is 19.4 Å². The zero-order valence-electron chi connectivity index (χ0n) is 15.4. The highest BCUT2D eigenvalue weighted by Crippen LogP contribution is 2.33. The number of nitrogens with one attached hydrogen (secondary N) is 1. The molecule has 7 nitrogen and oxygen atoms in total. The predicted molar refractivity (Wildman–Crippen MR) is 100 cm³/mol. The van der Waals surface area contributed by atoms with Crippen LogP contribution in [0.2, 0.25) is 0 Å². The van der Waals surface area contributed by atoms with Crippen molar-refractivity contribution < 1.29 is 17.9 Å². The van der Waals surface area contributed by atoms with Gasteiger partial charge in [-0.3, -0.25) is 4.79 Å². The second-order valence-electron chi connectivity index (χ2n) is 7.15. The fraction of sp³-hybridized carbons (Fsp3) is 0.556. The first-order valence-corrected chi connectivity index (χ1v) is 10.3. The largest absolute Gasteiger partial charge is 0.376 e. The number of ether oxygens (including phenoxy) is 1. The number of sulfonamides is 1. The van der Waals surface area contributed by atoms with Crippen molar-refractivity contribution in [3.05, 3.63) is 23.8 Å². The van der Waals surface area contributed by atoms with Gasteiger partial charge in [-0.1, -0.05) is 13.8 Å².